The van der Waals surface area contributed by atoms with Crippen molar-refractivity contribution >= 4 is 17.3 Å². The molecule has 1 saturated heterocycles. The Bertz CT molecular complexity index is 519. The number of benzene rings is 1. The van der Waals surface area contributed by atoms with Gasteiger partial charge in [0.1, 0.15) is 0 Å². The Balaban J connectivity index is 1.48. The van der Waals surface area contributed by atoms with Crippen LogP contribution in [0.2, 0.25) is 0 Å². The van der Waals surface area contributed by atoms with E-state index in [0.29, 0.717) is 6.54 Å². The van der Waals surface area contributed by atoms with Crippen molar-refractivity contribution in [3.05, 3.63) is 24.3 Å². The summed E-state index contributed by atoms with van der Waals surface area (Å²) in [5.41, 5.74) is 2.15. The van der Waals surface area contributed by atoms with Crippen LogP contribution in [0.25, 0.3) is 0 Å². The summed E-state index contributed by atoms with van der Waals surface area (Å²) in [7, 11) is 0. The Hall–Kier alpha value is -1.55. The van der Waals surface area contributed by atoms with Crippen molar-refractivity contribution in [1.82, 2.24) is 0 Å². The standard InChI is InChI=1S/C20H31N3O/c24-20(16-21-15-17-9-3-1-4-10-17)22-18-11-5-6-12-19(18)23-13-7-2-8-14-23/h5-6,11-12,17,21H,1-4,7-10,13-16H2,(H,22,24)/p+1. The van der Waals surface area contributed by atoms with E-state index in [9.17, 15) is 4.79 Å². The van der Waals surface area contributed by atoms with Gasteiger partial charge in [0.15, 0.2) is 6.54 Å². The lowest BCUT2D eigenvalue weighted by atomic mass is 9.89. The third-order valence-electron chi connectivity index (χ3n) is 5.43. The van der Waals surface area contributed by atoms with Gasteiger partial charge in [-0.3, -0.25) is 4.79 Å². The Morgan fingerprint density at radius 3 is 2.54 bits per heavy atom. The third kappa shape index (κ3) is 4.97. The molecule has 3 N–H and O–H groups in total. The molecule has 2 fully saturated rings. The quantitative estimate of drug-likeness (QED) is 0.842. The van der Waals surface area contributed by atoms with Crippen LogP contribution in [0, 0.1) is 5.92 Å². The highest BCUT2D eigenvalue weighted by Crippen LogP contribution is 2.28. The van der Waals surface area contributed by atoms with E-state index < -0.39 is 0 Å². The molecule has 0 radical (unpaired) electrons. The maximum atomic E-state index is 12.3. The van der Waals surface area contributed by atoms with Crippen molar-refractivity contribution in [3.8, 4) is 0 Å². The lowest BCUT2D eigenvalue weighted by Gasteiger charge is -2.30. The Kier molecular flexibility index (Phi) is 6.53. The molecule has 1 aliphatic carbocycles. The van der Waals surface area contributed by atoms with E-state index >= 15 is 0 Å². The number of nitrogens with two attached hydrogens (primary N) is 1. The van der Waals surface area contributed by atoms with E-state index in [-0.39, 0.29) is 5.91 Å². The van der Waals surface area contributed by atoms with E-state index in [2.05, 4.69) is 27.7 Å². The predicted molar refractivity (Wildman–Crippen MR) is 99.4 cm³/mol. The summed E-state index contributed by atoms with van der Waals surface area (Å²) in [5.74, 6) is 0.933. The lowest BCUT2D eigenvalue weighted by molar-refractivity contribution is -0.649. The van der Waals surface area contributed by atoms with Crippen LogP contribution in [-0.2, 0) is 4.79 Å². The summed E-state index contributed by atoms with van der Waals surface area (Å²) in [4.78, 5) is 14.7. The molecule has 0 unspecified atom stereocenters. The number of hydrogen-bond acceptors (Lipinski definition) is 2. The van der Waals surface area contributed by atoms with Gasteiger partial charge in [0.25, 0.3) is 5.91 Å². The average Bonchev–Trinajstić information content (AvgIpc) is 2.64. The molecular formula is C20H32N3O+. The monoisotopic (exact) mass is 330 g/mol. The second kappa shape index (κ2) is 9.07. The maximum absolute atomic E-state index is 12.3. The zero-order chi connectivity index (χ0) is 16.6. The molecule has 3 rings (SSSR count). The zero-order valence-electron chi connectivity index (χ0n) is 14.8. The van der Waals surface area contributed by atoms with Crippen LogP contribution in [-0.4, -0.2) is 32.1 Å². The van der Waals surface area contributed by atoms with Crippen molar-refractivity contribution in [1.29, 1.82) is 0 Å². The van der Waals surface area contributed by atoms with Crippen molar-refractivity contribution in [2.75, 3.05) is 36.4 Å². The molecule has 0 bridgehead atoms. The fourth-order valence-corrected chi connectivity index (χ4v) is 4.06. The molecule has 1 saturated carbocycles. The number of anilines is 2. The van der Waals surface area contributed by atoms with Crippen molar-refractivity contribution in [2.45, 2.75) is 51.4 Å². The van der Waals surface area contributed by atoms with E-state index in [0.717, 1.165) is 31.2 Å². The van der Waals surface area contributed by atoms with Crippen LogP contribution in [0.15, 0.2) is 24.3 Å². The van der Waals surface area contributed by atoms with Gasteiger partial charge in [-0.25, -0.2) is 0 Å². The van der Waals surface area contributed by atoms with Crippen LogP contribution in [0.1, 0.15) is 51.4 Å². The fourth-order valence-electron chi connectivity index (χ4n) is 4.06. The van der Waals surface area contributed by atoms with E-state index in [1.807, 2.05) is 12.1 Å². The van der Waals surface area contributed by atoms with E-state index in [4.69, 9.17) is 0 Å². The summed E-state index contributed by atoms with van der Waals surface area (Å²) in [6.07, 6.45) is 10.6. The molecule has 1 aliphatic heterocycles. The van der Waals surface area contributed by atoms with Gasteiger partial charge >= 0.3 is 0 Å². The van der Waals surface area contributed by atoms with Gasteiger partial charge in [-0.1, -0.05) is 31.4 Å². The Labute approximate surface area is 146 Å². The van der Waals surface area contributed by atoms with Gasteiger partial charge in [0.05, 0.1) is 17.9 Å². The number of nitrogens with zero attached hydrogens (tertiary/aromatic N) is 1. The number of carbonyl (C=O) groups is 1. The van der Waals surface area contributed by atoms with Crippen LogP contribution in [0.4, 0.5) is 11.4 Å². The molecule has 2 aliphatic rings. The maximum Gasteiger partial charge on any atom is 0.279 e. The molecule has 0 aromatic heterocycles. The number of nitrogens with one attached hydrogen (secondary N) is 1. The fraction of sp³-hybridized carbons (Fsp3) is 0.650. The molecular weight excluding hydrogens is 298 g/mol. The molecule has 4 heteroatoms. The summed E-state index contributed by atoms with van der Waals surface area (Å²) in [6, 6.07) is 8.24. The molecule has 24 heavy (non-hydrogen) atoms. The SMILES string of the molecule is O=C(C[NH2+]CC1CCCCC1)Nc1ccccc1N1CCCCC1. The normalized spacial score (nSPS) is 19.2. The van der Waals surface area contributed by atoms with Crippen LogP contribution < -0.4 is 15.5 Å². The minimum absolute atomic E-state index is 0.121. The number of rotatable bonds is 6. The third-order valence-corrected chi connectivity index (χ3v) is 5.43. The number of piperidine rings is 1. The van der Waals surface area contributed by atoms with Gasteiger partial charge in [-0.05, 0) is 44.2 Å². The number of carbonyl (C=O) groups excluding carboxylic acids is 1. The highest BCUT2D eigenvalue weighted by Gasteiger charge is 2.17. The first-order chi connectivity index (χ1) is 11.8. The molecule has 1 aromatic rings. The van der Waals surface area contributed by atoms with Crippen LogP contribution in [0.3, 0.4) is 0 Å². The molecule has 1 amide bonds. The summed E-state index contributed by atoms with van der Waals surface area (Å²) >= 11 is 0. The average molecular weight is 330 g/mol. The smallest absolute Gasteiger partial charge is 0.279 e. The predicted octanol–water partition coefficient (Wildman–Crippen LogP) is 2.76. The number of para-hydroxylation sites is 2. The minimum atomic E-state index is 0.121. The number of amides is 1. The summed E-state index contributed by atoms with van der Waals surface area (Å²) < 4.78 is 0. The van der Waals surface area contributed by atoms with E-state index in [1.165, 1.54) is 57.1 Å². The van der Waals surface area contributed by atoms with Gasteiger partial charge in [-0.2, -0.15) is 0 Å². The van der Waals surface area contributed by atoms with Crippen LogP contribution in [0.5, 0.6) is 0 Å². The molecule has 1 aromatic carbocycles. The van der Waals surface area contributed by atoms with E-state index in [1.54, 1.807) is 0 Å². The second-order valence-corrected chi connectivity index (χ2v) is 7.35. The molecule has 0 spiro atoms. The number of quaternary nitrogens is 1. The lowest BCUT2D eigenvalue weighted by Crippen LogP contribution is -2.87. The molecule has 0 atom stereocenters. The molecule has 132 valence electrons. The Morgan fingerprint density at radius 2 is 1.75 bits per heavy atom. The minimum Gasteiger partial charge on any atom is -0.370 e. The van der Waals surface area contributed by atoms with Crippen molar-refractivity contribution < 1.29 is 10.1 Å². The van der Waals surface area contributed by atoms with Crippen molar-refractivity contribution in [3.63, 3.8) is 0 Å². The van der Waals surface area contributed by atoms with Crippen LogP contribution >= 0.6 is 0 Å². The summed E-state index contributed by atoms with van der Waals surface area (Å²) in [5, 5.41) is 5.32. The van der Waals surface area contributed by atoms with Crippen molar-refractivity contribution in [2.24, 2.45) is 5.92 Å². The first kappa shape index (κ1) is 17.3. The van der Waals surface area contributed by atoms with Gasteiger partial charge in [0.2, 0.25) is 0 Å². The van der Waals surface area contributed by atoms with Gasteiger partial charge in [-0.15, -0.1) is 0 Å². The number of hydrogen-bond donors (Lipinski definition) is 2. The molecule has 4 nitrogen and oxygen atoms in total. The molecule has 1 heterocycles. The largest absolute Gasteiger partial charge is 0.370 e. The van der Waals surface area contributed by atoms with Gasteiger partial charge < -0.3 is 15.5 Å². The highest BCUT2D eigenvalue weighted by atomic mass is 16.1. The highest BCUT2D eigenvalue weighted by molar-refractivity contribution is 5.94. The first-order valence-electron chi connectivity index (χ1n) is 9.78. The Morgan fingerprint density at radius 1 is 1.04 bits per heavy atom. The second-order valence-electron chi connectivity index (χ2n) is 7.35. The first-order valence-corrected chi connectivity index (χ1v) is 9.78. The zero-order valence-corrected chi connectivity index (χ0v) is 14.8. The topological polar surface area (TPSA) is 49.0 Å². The summed E-state index contributed by atoms with van der Waals surface area (Å²) in [6.45, 7) is 3.83. The van der Waals surface area contributed by atoms with Gasteiger partial charge in [0, 0.05) is 19.0 Å².